The van der Waals surface area contributed by atoms with Gasteiger partial charge in [0.15, 0.2) is 6.35 Å². The zero-order valence-electron chi connectivity index (χ0n) is 10.2. The van der Waals surface area contributed by atoms with Crippen LogP contribution in [0.15, 0.2) is 18.2 Å². The zero-order chi connectivity index (χ0) is 13.3. The molecule has 4 N–H and O–H groups in total. The smallest absolute Gasteiger partial charge is 0.362 e. The Morgan fingerprint density at radius 1 is 1.35 bits per heavy atom. The van der Waals surface area contributed by atoms with Gasteiger partial charge in [0.2, 0.25) is 0 Å². The maximum absolute atomic E-state index is 10.7. The van der Waals surface area contributed by atoms with Crippen molar-refractivity contribution < 1.29 is 19.1 Å². The Bertz CT molecular complexity index is 447. The number of anilines is 1. The molecule has 0 aliphatic rings. The van der Waals surface area contributed by atoms with E-state index >= 15 is 0 Å². The van der Waals surface area contributed by atoms with Crippen molar-refractivity contribution in [2.75, 3.05) is 12.1 Å². The van der Waals surface area contributed by atoms with Crippen molar-refractivity contribution in [1.29, 1.82) is 0 Å². The van der Waals surface area contributed by atoms with Crippen LogP contribution in [-0.2, 0) is 9.98 Å². The maximum Gasteiger partial charge on any atom is 0.362 e. The van der Waals surface area contributed by atoms with E-state index in [4.69, 9.17) is 20.3 Å². The number of hydrogen-bond donors (Lipinski definition) is 3. The van der Waals surface area contributed by atoms with Crippen LogP contribution in [0.3, 0.4) is 0 Å². The van der Waals surface area contributed by atoms with Crippen molar-refractivity contribution in [3.8, 4) is 5.75 Å². The van der Waals surface area contributed by atoms with Gasteiger partial charge in [-0.05, 0) is 23.1 Å². The van der Waals surface area contributed by atoms with Crippen molar-refractivity contribution in [2.45, 2.75) is 26.2 Å². The Morgan fingerprint density at radius 2 is 1.94 bits per heavy atom. The molecule has 0 saturated heterocycles. The summed E-state index contributed by atoms with van der Waals surface area (Å²) >= 11 is 0. The molecular formula is C11H18NO4P. The van der Waals surface area contributed by atoms with E-state index in [0.29, 0.717) is 11.4 Å². The van der Waals surface area contributed by atoms with E-state index in [1.807, 2.05) is 6.07 Å². The van der Waals surface area contributed by atoms with Crippen LogP contribution in [0.2, 0.25) is 0 Å². The number of rotatable bonds is 3. The van der Waals surface area contributed by atoms with Crippen molar-refractivity contribution in [1.82, 2.24) is 0 Å². The highest BCUT2D eigenvalue weighted by molar-refractivity contribution is 7.51. The SMILES string of the molecule is CC(C)(C)c1ccc(OCP(=O)(O)O)c(N)c1. The van der Waals surface area contributed by atoms with Gasteiger partial charge in [-0.1, -0.05) is 26.8 Å². The average molecular weight is 259 g/mol. The number of benzene rings is 1. The number of nitrogen functional groups attached to an aromatic ring is 1. The van der Waals surface area contributed by atoms with Crippen LogP contribution in [-0.4, -0.2) is 16.1 Å². The first-order chi connectivity index (χ1) is 7.59. The summed E-state index contributed by atoms with van der Waals surface area (Å²) in [5.41, 5.74) is 7.16. The zero-order valence-corrected chi connectivity index (χ0v) is 11.1. The first-order valence-electron chi connectivity index (χ1n) is 5.17. The summed E-state index contributed by atoms with van der Waals surface area (Å²) in [4.78, 5) is 17.4. The van der Waals surface area contributed by atoms with Gasteiger partial charge in [-0.2, -0.15) is 0 Å². The lowest BCUT2D eigenvalue weighted by Crippen LogP contribution is -2.11. The van der Waals surface area contributed by atoms with E-state index in [9.17, 15) is 4.57 Å². The van der Waals surface area contributed by atoms with E-state index in [2.05, 4.69) is 20.8 Å². The molecule has 0 amide bonds. The molecule has 5 nitrogen and oxygen atoms in total. The average Bonchev–Trinajstić information content (AvgIpc) is 2.12. The molecule has 0 aliphatic carbocycles. The molecule has 0 aliphatic heterocycles. The molecule has 17 heavy (non-hydrogen) atoms. The molecule has 6 heteroatoms. The normalized spacial score (nSPS) is 12.5. The second-order valence-electron chi connectivity index (χ2n) is 4.94. The highest BCUT2D eigenvalue weighted by Gasteiger charge is 2.17. The molecule has 0 fully saturated rings. The summed E-state index contributed by atoms with van der Waals surface area (Å²) in [6.45, 7) is 6.16. The first-order valence-corrected chi connectivity index (χ1v) is 6.97. The minimum Gasteiger partial charge on any atom is -0.479 e. The second kappa shape index (κ2) is 4.69. The van der Waals surface area contributed by atoms with Gasteiger partial charge in [0, 0.05) is 0 Å². The number of nitrogens with two attached hydrogens (primary N) is 1. The molecule has 0 heterocycles. The van der Waals surface area contributed by atoms with Gasteiger partial charge in [0.25, 0.3) is 0 Å². The Balaban J connectivity index is 2.88. The van der Waals surface area contributed by atoms with Crippen molar-refractivity contribution in [3.05, 3.63) is 23.8 Å². The van der Waals surface area contributed by atoms with E-state index in [-0.39, 0.29) is 5.41 Å². The highest BCUT2D eigenvalue weighted by Crippen LogP contribution is 2.36. The van der Waals surface area contributed by atoms with Gasteiger partial charge >= 0.3 is 7.60 Å². The molecule has 0 spiro atoms. The predicted molar refractivity (Wildman–Crippen MR) is 67.1 cm³/mol. The van der Waals surface area contributed by atoms with Crippen LogP contribution in [0.4, 0.5) is 5.69 Å². The monoisotopic (exact) mass is 259 g/mol. The van der Waals surface area contributed by atoms with Gasteiger partial charge < -0.3 is 20.3 Å². The van der Waals surface area contributed by atoms with E-state index < -0.39 is 13.9 Å². The summed E-state index contributed by atoms with van der Waals surface area (Å²) in [6.07, 6.45) is -0.661. The largest absolute Gasteiger partial charge is 0.479 e. The lowest BCUT2D eigenvalue weighted by molar-refractivity contribution is 0.301. The Morgan fingerprint density at radius 3 is 2.35 bits per heavy atom. The third kappa shape index (κ3) is 4.38. The molecule has 0 bridgehead atoms. The highest BCUT2D eigenvalue weighted by atomic mass is 31.2. The first kappa shape index (κ1) is 14.0. The third-order valence-electron chi connectivity index (χ3n) is 2.26. The van der Waals surface area contributed by atoms with Crippen molar-refractivity contribution >= 4 is 13.3 Å². The molecule has 1 aromatic carbocycles. The molecule has 0 aromatic heterocycles. The van der Waals surface area contributed by atoms with Crippen LogP contribution in [0.1, 0.15) is 26.3 Å². The molecular weight excluding hydrogens is 241 g/mol. The standard InChI is InChI=1S/C11H18NO4P/c1-11(2,3)8-4-5-10(9(12)6-8)16-7-17(13,14)15/h4-6H,7,12H2,1-3H3,(H2,13,14,15). The van der Waals surface area contributed by atoms with E-state index in [1.165, 1.54) is 0 Å². The molecule has 0 radical (unpaired) electrons. The Kier molecular flexibility index (Phi) is 3.87. The second-order valence-corrected chi connectivity index (χ2v) is 6.53. The van der Waals surface area contributed by atoms with Crippen LogP contribution in [0.5, 0.6) is 5.75 Å². The fourth-order valence-electron chi connectivity index (χ4n) is 1.30. The van der Waals surface area contributed by atoms with Crippen LogP contribution in [0, 0.1) is 0 Å². The maximum atomic E-state index is 10.7. The summed E-state index contributed by atoms with van der Waals surface area (Å²) < 4.78 is 15.7. The van der Waals surface area contributed by atoms with Gasteiger partial charge in [-0.25, -0.2) is 0 Å². The fraction of sp³-hybridized carbons (Fsp3) is 0.455. The van der Waals surface area contributed by atoms with Crippen molar-refractivity contribution in [2.24, 2.45) is 0 Å². The van der Waals surface area contributed by atoms with Crippen LogP contribution >= 0.6 is 7.60 Å². The number of ether oxygens (including phenoxy) is 1. The summed E-state index contributed by atoms with van der Waals surface area (Å²) in [6, 6.07) is 5.23. The van der Waals surface area contributed by atoms with Gasteiger partial charge in [0.1, 0.15) is 5.75 Å². The molecule has 0 atom stereocenters. The lowest BCUT2D eigenvalue weighted by Gasteiger charge is -2.20. The molecule has 1 rings (SSSR count). The van der Waals surface area contributed by atoms with E-state index in [1.54, 1.807) is 12.1 Å². The summed E-state index contributed by atoms with van der Waals surface area (Å²) in [7, 11) is -4.17. The number of hydrogen-bond acceptors (Lipinski definition) is 3. The van der Waals surface area contributed by atoms with Crippen LogP contribution in [0.25, 0.3) is 0 Å². The van der Waals surface area contributed by atoms with Gasteiger partial charge in [-0.15, -0.1) is 0 Å². The fourth-order valence-corrected chi connectivity index (χ4v) is 1.61. The Hall–Kier alpha value is -1.03. The summed E-state index contributed by atoms with van der Waals surface area (Å²) in [5.74, 6) is 0.293. The minimum absolute atomic E-state index is 0.0318. The topological polar surface area (TPSA) is 92.8 Å². The van der Waals surface area contributed by atoms with E-state index in [0.717, 1.165) is 5.56 Å². The third-order valence-corrected chi connectivity index (χ3v) is 2.73. The molecule has 1 aromatic rings. The van der Waals surface area contributed by atoms with Gasteiger partial charge in [0.05, 0.1) is 5.69 Å². The molecule has 96 valence electrons. The lowest BCUT2D eigenvalue weighted by atomic mass is 9.87. The van der Waals surface area contributed by atoms with Crippen molar-refractivity contribution in [3.63, 3.8) is 0 Å². The Labute approximate surface area is 101 Å². The van der Waals surface area contributed by atoms with Gasteiger partial charge in [-0.3, -0.25) is 4.57 Å². The predicted octanol–water partition coefficient (Wildman–Crippen LogP) is 2.08. The minimum atomic E-state index is -4.17. The molecule has 0 saturated carbocycles. The van der Waals surface area contributed by atoms with Crippen LogP contribution < -0.4 is 10.5 Å². The molecule has 0 unspecified atom stereocenters. The summed E-state index contributed by atoms with van der Waals surface area (Å²) in [5, 5.41) is 0. The quantitative estimate of drug-likeness (QED) is 0.571.